The van der Waals surface area contributed by atoms with Gasteiger partial charge in [0.25, 0.3) is 0 Å². The van der Waals surface area contributed by atoms with E-state index in [1.54, 1.807) is 0 Å². The molecule has 0 atom stereocenters. The van der Waals surface area contributed by atoms with E-state index in [2.05, 4.69) is 13.8 Å². The maximum Gasteiger partial charge on any atom is 0.230 e. The fourth-order valence-electron chi connectivity index (χ4n) is 2.19. The summed E-state index contributed by atoms with van der Waals surface area (Å²) in [5, 5.41) is 0. The third-order valence-electron chi connectivity index (χ3n) is 3.36. The lowest BCUT2D eigenvalue weighted by Gasteiger charge is -2.14. The third kappa shape index (κ3) is 3.81. The van der Waals surface area contributed by atoms with Crippen molar-refractivity contribution < 1.29 is 9.47 Å². The highest BCUT2D eigenvalue weighted by Gasteiger charge is 2.05. The lowest BCUT2D eigenvalue weighted by atomic mass is 10.1. The molecule has 0 heterocycles. The summed E-state index contributed by atoms with van der Waals surface area (Å²) in [6, 6.07) is 11.3. The fourth-order valence-corrected chi connectivity index (χ4v) is 2.19. The van der Waals surface area contributed by atoms with E-state index in [1.165, 1.54) is 0 Å². The smallest absolute Gasteiger partial charge is 0.230 e. The lowest BCUT2D eigenvalue weighted by molar-refractivity contribution is 0.118. The summed E-state index contributed by atoms with van der Waals surface area (Å²) in [6.07, 6.45) is 1.73. The van der Waals surface area contributed by atoms with Crippen molar-refractivity contribution >= 4 is 11.4 Å². The molecule has 0 unspecified atom stereocenters. The number of rotatable bonds is 6. The van der Waals surface area contributed by atoms with Crippen molar-refractivity contribution in [1.82, 2.24) is 0 Å². The summed E-state index contributed by atoms with van der Waals surface area (Å²) in [5.74, 6) is 1.61. The standard InChI is InChI=1S/C17H22N2O2/c1-3-12-9-14(18)5-7-16(12)20-11-21-17-8-6-15(19)10-13(17)4-2/h5-10H,3-4,11,18-19H2,1-2H3. The predicted molar refractivity (Wildman–Crippen MR) is 86.6 cm³/mol. The van der Waals surface area contributed by atoms with Gasteiger partial charge in [-0.15, -0.1) is 0 Å². The van der Waals surface area contributed by atoms with Gasteiger partial charge in [-0.25, -0.2) is 0 Å². The maximum absolute atomic E-state index is 5.78. The summed E-state index contributed by atoms with van der Waals surface area (Å²) in [5.41, 5.74) is 15.2. The molecule has 0 radical (unpaired) electrons. The van der Waals surface area contributed by atoms with E-state index in [-0.39, 0.29) is 6.79 Å². The van der Waals surface area contributed by atoms with E-state index < -0.39 is 0 Å². The van der Waals surface area contributed by atoms with Crippen molar-refractivity contribution in [3.05, 3.63) is 47.5 Å². The first-order valence-electron chi connectivity index (χ1n) is 7.16. The van der Waals surface area contributed by atoms with Crippen molar-refractivity contribution in [2.24, 2.45) is 0 Å². The Hall–Kier alpha value is -2.36. The van der Waals surface area contributed by atoms with Crippen LogP contribution in [0.3, 0.4) is 0 Å². The second-order valence-electron chi connectivity index (χ2n) is 4.85. The van der Waals surface area contributed by atoms with Gasteiger partial charge in [0.1, 0.15) is 11.5 Å². The number of aryl methyl sites for hydroxylation is 2. The molecule has 4 heteroatoms. The van der Waals surface area contributed by atoms with Gasteiger partial charge < -0.3 is 20.9 Å². The molecule has 2 aromatic carbocycles. The molecule has 0 aliphatic carbocycles. The topological polar surface area (TPSA) is 70.5 Å². The SMILES string of the molecule is CCc1cc(N)ccc1OCOc1ccc(N)cc1CC. The highest BCUT2D eigenvalue weighted by atomic mass is 16.7. The van der Waals surface area contributed by atoms with Crippen LogP contribution in [0, 0.1) is 0 Å². The van der Waals surface area contributed by atoms with E-state index >= 15 is 0 Å². The number of hydrogen-bond donors (Lipinski definition) is 2. The summed E-state index contributed by atoms with van der Waals surface area (Å²) in [4.78, 5) is 0. The van der Waals surface area contributed by atoms with E-state index in [1.807, 2.05) is 36.4 Å². The predicted octanol–water partition coefficient (Wildman–Crippen LogP) is 3.39. The molecule has 0 bridgehead atoms. The van der Waals surface area contributed by atoms with E-state index in [9.17, 15) is 0 Å². The normalized spacial score (nSPS) is 10.4. The van der Waals surface area contributed by atoms with Crippen LogP contribution in [0.5, 0.6) is 11.5 Å². The number of hydrogen-bond acceptors (Lipinski definition) is 4. The number of anilines is 2. The van der Waals surface area contributed by atoms with Crippen molar-refractivity contribution in [2.75, 3.05) is 18.3 Å². The van der Waals surface area contributed by atoms with Crippen LogP contribution in [0.15, 0.2) is 36.4 Å². The minimum atomic E-state index is 0.161. The molecule has 0 aliphatic rings. The molecular weight excluding hydrogens is 264 g/mol. The molecule has 112 valence electrons. The highest BCUT2D eigenvalue weighted by Crippen LogP contribution is 2.24. The Morgan fingerprint density at radius 2 is 1.19 bits per heavy atom. The molecule has 0 spiro atoms. The van der Waals surface area contributed by atoms with Gasteiger partial charge in [0.2, 0.25) is 6.79 Å². The van der Waals surface area contributed by atoms with Gasteiger partial charge in [-0.3, -0.25) is 0 Å². The van der Waals surface area contributed by atoms with Gasteiger partial charge in [-0.2, -0.15) is 0 Å². The molecule has 2 aromatic rings. The van der Waals surface area contributed by atoms with Crippen LogP contribution in [-0.2, 0) is 12.8 Å². The summed E-state index contributed by atoms with van der Waals surface area (Å²) in [6.45, 7) is 4.29. The fraction of sp³-hybridized carbons (Fsp3) is 0.294. The molecule has 0 amide bonds. The lowest BCUT2D eigenvalue weighted by Crippen LogP contribution is -2.08. The third-order valence-corrected chi connectivity index (χ3v) is 3.36. The Balaban J connectivity index is 2.02. The van der Waals surface area contributed by atoms with Crippen LogP contribution in [-0.4, -0.2) is 6.79 Å². The molecule has 2 rings (SSSR count). The molecule has 21 heavy (non-hydrogen) atoms. The number of nitrogens with two attached hydrogens (primary N) is 2. The zero-order valence-corrected chi connectivity index (χ0v) is 12.6. The van der Waals surface area contributed by atoms with Crippen LogP contribution >= 0.6 is 0 Å². The minimum Gasteiger partial charge on any atom is -0.457 e. The first-order valence-corrected chi connectivity index (χ1v) is 7.16. The Morgan fingerprint density at radius 3 is 1.57 bits per heavy atom. The van der Waals surface area contributed by atoms with E-state index in [4.69, 9.17) is 20.9 Å². The summed E-state index contributed by atoms with van der Waals surface area (Å²) in [7, 11) is 0. The summed E-state index contributed by atoms with van der Waals surface area (Å²) < 4.78 is 11.4. The molecule has 0 aromatic heterocycles. The van der Waals surface area contributed by atoms with E-state index in [0.717, 1.165) is 46.8 Å². The van der Waals surface area contributed by atoms with Gasteiger partial charge in [0, 0.05) is 11.4 Å². The Bertz CT molecular complexity index is 558. The second-order valence-corrected chi connectivity index (χ2v) is 4.85. The Morgan fingerprint density at radius 1 is 0.762 bits per heavy atom. The van der Waals surface area contributed by atoms with Gasteiger partial charge in [-0.1, -0.05) is 13.8 Å². The van der Waals surface area contributed by atoms with Crippen LogP contribution in [0.4, 0.5) is 11.4 Å². The minimum absolute atomic E-state index is 0.161. The van der Waals surface area contributed by atoms with Crippen molar-refractivity contribution in [3.8, 4) is 11.5 Å². The summed E-state index contributed by atoms with van der Waals surface area (Å²) >= 11 is 0. The molecule has 0 saturated heterocycles. The van der Waals surface area contributed by atoms with Crippen LogP contribution in [0.1, 0.15) is 25.0 Å². The van der Waals surface area contributed by atoms with Gasteiger partial charge >= 0.3 is 0 Å². The zero-order valence-electron chi connectivity index (χ0n) is 12.6. The van der Waals surface area contributed by atoms with Gasteiger partial charge in [-0.05, 0) is 60.4 Å². The van der Waals surface area contributed by atoms with Gasteiger partial charge in [0.15, 0.2) is 0 Å². The number of benzene rings is 2. The molecule has 0 saturated carbocycles. The monoisotopic (exact) mass is 286 g/mol. The highest BCUT2D eigenvalue weighted by molar-refractivity contribution is 5.48. The van der Waals surface area contributed by atoms with Crippen LogP contribution in [0.2, 0.25) is 0 Å². The first kappa shape index (κ1) is 15.0. The average molecular weight is 286 g/mol. The maximum atomic E-state index is 5.78. The van der Waals surface area contributed by atoms with Crippen molar-refractivity contribution in [3.63, 3.8) is 0 Å². The first-order chi connectivity index (χ1) is 10.1. The quantitative estimate of drug-likeness (QED) is 0.631. The Labute approximate surface area is 125 Å². The van der Waals surface area contributed by atoms with E-state index in [0.29, 0.717) is 0 Å². The van der Waals surface area contributed by atoms with Crippen LogP contribution in [0.25, 0.3) is 0 Å². The molecule has 0 aliphatic heterocycles. The van der Waals surface area contributed by atoms with Crippen molar-refractivity contribution in [1.29, 1.82) is 0 Å². The Kier molecular flexibility index (Phi) is 4.93. The number of nitrogen functional groups attached to an aromatic ring is 2. The zero-order chi connectivity index (χ0) is 15.2. The average Bonchev–Trinajstić information content (AvgIpc) is 2.49. The van der Waals surface area contributed by atoms with Crippen LogP contribution < -0.4 is 20.9 Å². The number of ether oxygens (including phenoxy) is 2. The molecule has 4 nitrogen and oxygen atoms in total. The molecule has 4 N–H and O–H groups in total. The van der Waals surface area contributed by atoms with Gasteiger partial charge in [0.05, 0.1) is 0 Å². The largest absolute Gasteiger partial charge is 0.457 e. The molecule has 0 fully saturated rings. The van der Waals surface area contributed by atoms with Crippen molar-refractivity contribution in [2.45, 2.75) is 26.7 Å². The second kappa shape index (κ2) is 6.88. The molecular formula is C17H22N2O2.